The molecule has 2 aromatic rings. The van der Waals surface area contributed by atoms with E-state index in [2.05, 4.69) is 4.98 Å². The molecule has 3 rings (SSSR count). The number of Topliss-reactive ketones (excluding diaryl/α,β-unsaturated/α-hetero) is 1. The molecule has 140 valence electrons. The van der Waals surface area contributed by atoms with Gasteiger partial charge in [-0.15, -0.1) is 0 Å². The normalized spacial score (nSPS) is 17.0. The first-order valence-electron chi connectivity index (χ1n) is 8.75. The zero-order valence-electron chi connectivity index (χ0n) is 15.5. The molecule has 1 aliphatic heterocycles. The largest absolute Gasteiger partial charge is 0.503 e. The predicted molar refractivity (Wildman–Crippen MR) is 100 cm³/mol. The first kappa shape index (κ1) is 18.6. The van der Waals surface area contributed by atoms with Gasteiger partial charge in [-0.1, -0.05) is 32.0 Å². The molecule has 1 aromatic carbocycles. The highest BCUT2D eigenvalue weighted by Gasteiger charge is 2.44. The summed E-state index contributed by atoms with van der Waals surface area (Å²) in [4.78, 5) is 31.1. The van der Waals surface area contributed by atoms with E-state index in [1.807, 2.05) is 24.3 Å². The van der Waals surface area contributed by atoms with Gasteiger partial charge in [-0.2, -0.15) is 0 Å². The summed E-state index contributed by atoms with van der Waals surface area (Å²) in [6.07, 6.45) is 3.21. The highest BCUT2D eigenvalue weighted by atomic mass is 16.5. The number of hydrogen-bond donors (Lipinski definition) is 1. The number of para-hydroxylation sites is 1. The first-order valence-corrected chi connectivity index (χ1v) is 8.75. The van der Waals surface area contributed by atoms with Crippen molar-refractivity contribution in [2.45, 2.75) is 26.4 Å². The van der Waals surface area contributed by atoms with E-state index in [0.717, 1.165) is 11.1 Å². The molecule has 0 saturated heterocycles. The van der Waals surface area contributed by atoms with Crippen LogP contribution in [0.3, 0.4) is 0 Å². The van der Waals surface area contributed by atoms with Gasteiger partial charge in [-0.25, -0.2) is 0 Å². The molecule has 0 radical (unpaired) electrons. The SMILES string of the molecule is COc1ccccc1CN1C(=O)C(O)=C(C(=O)C(C)C)C1c1ccncc1. The van der Waals surface area contributed by atoms with Crippen LogP contribution in [0, 0.1) is 5.92 Å². The lowest BCUT2D eigenvalue weighted by Gasteiger charge is -2.27. The summed E-state index contributed by atoms with van der Waals surface area (Å²) in [6, 6.07) is 10.2. The molecule has 1 N–H and O–H groups in total. The van der Waals surface area contributed by atoms with Gasteiger partial charge in [0.25, 0.3) is 5.91 Å². The number of nitrogens with zero attached hydrogens (tertiary/aromatic N) is 2. The first-order chi connectivity index (χ1) is 13.0. The topological polar surface area (TPSA) is 79.7 Å². The maximum Gasteiger partial charge on any atom is 0.290 e. The molecule has 0 spiro atoms. The van der Waals surface area contributed by atoms with E-state index in [1.54, 1.807) is 45.5 Å². The minimum Gasteiger partial charge on any atom is -0.503 e. The van der Waals surface area contributed by atoms with Crippen molar-refractivity contribution in [1.82, 2.24) is 9.88 Å². The zero-order valence-corrected chi connectivity index (χ0v) is 15.5. The smallest absolute Gasteiger partial charge is 0.290 e. The van der Waals surface area contributed by atoms with Crippen LogP contribution < -0.4 is 4.74 Å². The number of carbonyl (C=O) groups is 2. The molecule has 0 fully saturated rings. The molecule has 1 amide bonds. The summed E-state index contributed by atoms with van der Waals surface area (Å²) < 4.78 is 5.38. The van der Waals surface area contributed by atoms with E-state index >= 15 is 0 Å². The number of pyridine rings is 1. The Kier molecular flexibility index (Phi) is 5.26. The second-order valence-corrected chi connectivity index (χ2v) is 6.71. The summed E-state index contributed by atoms with van der Waals surface area (Å²) in [5.74, 6) is -0.991. The van der Waals surface area contributed by atoms with E-state index in [-0.39, 0.29) is 23.8 Å². The molecule has 0 aliphatic carbocycles. The van der Waals surface area contributed by atoms with Crippen molar-refractivity contribution in [3.8, 4) is 5.75 Å². The minimum atomic E-state index is -0.666. The van der Waals surface area contributed by atoms with Crippen LogP contribution in [-0.4, -0.2) is 33.8 Å². The van der Waals surface area contributed by atoms with E-state index in [0.29, 0.717) is 5.75 Å². The van der Waals surface area contributed by atoms with Crippen molar-refractivity contribution >= 4 is 11.7 Å². The number of aliphatic hydroxyl groups excluding tert-OH is 1. The molecule has 1 aromatic heterocycles. The van der Waals surface area contributed by atoms with E-state index in [4.69, 9.17) is 4.74 Å². The quantitative estimate of drug-likeness (QED) is 0.849. The van der Waals surface area contributed by atoms with Crippen LogP contribution in [0.5, 0.6) is 5.75 Å². The summed E-state index contributed by atoms with van der Waals surface area (Å²) in [6.45, 7) is 3.70. The molecule has 1 aliphatic rings. The third kappa shape index (κ3) is 3.43. The lowest BCUT2D eigenvalue weighted by molar-refractivity contribution is -0.130. The Bertz CT molecular complexity index is 890. The number of aromatic nitrogens is 1. The molecular formula is C21H22N2O4. The average Bonchev–Trinajstić information content (AvgIpc) is 2.93. The Hall–Kier alpha value is -3.15. The van der Waals surface area contributed by atoms with Gasteiger partial charge < -0.3 is 14.7 Å². The van der Waals surface area contributed by atoms with Crippen LogP contribution >= 0.6 is 0 Å². The summed E-state index contributed by atoms with van der Waals surface area (Å²) >= 11 is 0. The summed E-state index contributed by atoms with van der Waals surface area (Å²) in [7, 11) is 1.56. The number of rotatable bonds is 6. The van der Waals surface area contributed by atoms with E-state index in [9.17, 15) is 14.7 Å². The fraction of sp³-hybridized carbons (Fsp3) is 0.286. The Morgan fingerprint density at radius 2 is 1.89 bits per heavy atom. The molecule has 1 unspecified atom stereocenters. The highest BCUT2D eigenvalue weighted by molar-refractivity contribution is 6.09. The van der Waals surface area contributed by atoms with Gasteiger partial charge in [-0.3, -0.25) is 14.6 Å². The van der Waals surface area contributed by atoms with Crippen LogP contribution in [0.2, 0.25) is 0 Å². The number of carbonyl (C=O) groups excluding carboxylic acids is 2. The van der Waals surface area contributed by atoms with E-state index in [1.165, 1.54) is 4.90 Å². The van der Waals surface area contributed by atoms with Gasteiger partial charge in [0, 0.05) is 23.9 Å². The third-order valence-electron chi connectivity index (χ3n) is 4.65. The Morgan fingerprint density at radius 1 is 1.22 bits per heavy atom. The lowest BCUT2D eigenvalue weighted by atomic mass is 9.91. The van der Waals surface area contributed by atoms with Crippen LogP contribution in [0.4, 0.5) is 0 Å². The molecule has 2 heterocycles. The standard InChI is InChI=1S/C21H22N2O4/c1-13(2)19(24)17-18(14-8-10-22-11-9-14)23(21(26)20(17)25)12-15-6-4-5-7-16(15)27-3/h4-11,13,18,25H,12H2,1-3H3. The van der Waals surface area contributed by atoms with Crippen molar-refractivity contribution in [1.29, 1.82) is 0 Å². The van der Waals surface area contributed by atoms with Gasteiger partial charge in [0.1, 0.15) is 5.75 Å². The molecule has 1 atom stereocenters. The van der Waals surface area contributed by atoms with Crippen LogP contribution in [0.25, 0.3) is 0 Å². The van der Waals surface area contributed by atoms with Crippen molar-refractivity contribution in [3.63, 3.8) is 0 Å². The minimum absolute atomic E-state index is 0.135. The fourth-order valence-corrected chi connectivity index (χ4v) is 3.29. The summed E-state index contributed by atoms with van der Waals surface area (Å²) in [5, 5.41) is 10.5. The average molecular weight is 366 g/mol. The molecule has 0 saturated carbocycles. The Labute approximate surface area is 158 Å². The number of aliphatic hydroxyl groups is 1. The maximum atomic E-state index is 12.8. The lowest BCUT2D eigenvalue weighted by Crippen LogP contribution is -2.31. The fourth-order valence-electron chi connectivity index (χ4n) is 3.29. The van der Waals surface area contributed by atoms with Gasteiger partial charge in [0.2, 0.25) is 0 Å². The highest BCUT2D eigenvalue weighted by Crippen LogP contribution is 2.40. The molecule has 6 heteroatoms. The van der Waals surface area contributed by atoms with Crippen molar-refractivity contribution in [2.24, 2.45) is 5.92 Å². The van der Waals surface area contributed by atoms with E-state index < -0.39 is 17.7 Å². The third-order valence-corrected chi connectivity index (χ3v) is 4.65. The monoisotopic (exact) mass is 366 g/mol. The van der Waals surface area contributed by atoms with Crippen molar-refractivity contribution < 1.29 is 19.4 Å². The summed E-state index contributed by atoms with van der Waals surface area (Å²) in [5.41, 5.74) is 1.65. The van der Waals surface area contributed by atoms with Crippen molar-refractivity contribution in [3.05, 3.63) is 71.3 Å². The number of amides is 1. The van der Waals surface area contributed by atoms with Gasteiger partial charge in [0.15, 0.2) is 11.5 Å². The van der Waals surface area contributed by atoms with Crippen LogP contribution in [0.15, 0.2) is 60.1 Å². The molecular weight excluding hydrogens is 344 g/mol. The zero-order chi connectivity index (χ0) is 19.6. The number of ether oxygens (including phenoxy) is 1. The predicted octanol–water partition coefficient (Wildman–Crippen LogP) is 3.21. The van der Waals surface area contributed by atoms with Gasteiger partial charge >= 0.3 is 0 Å². The number of hydrogen-bond acceptors (Lipinski definition) is 5. The van der Waals surface area contributed by atoms with Crippen molar-refractivity contribution in [2.75, 3.05) is 7.11 Å². The second kappa shape index (κ2) is 7.61. The van der Waals surface area contributed by atoms with Gasteiger partial charge in [-0.05, 0) is 23.8 Å². The van der Waals surface area contributed by atoms with Gasteiger partial charge in [0.05, 0.1) is 25.3 Å². The maximum absolute atomic E-state index is 12.8. The molecule has 0 bridgehead atoms. The molecule has 27 heavy (non-hydrogen) atoms. The Morgan fingerprint density at radius 3 is 2.52 bits per heavy atom. The number of methoxy groups -OCH3 is 1. The van der Waals surface area contributed by atoms with Crippen LogP contribution in [-0.2, 0) is 16.1 Å². The number of ketones is 1. The Balaban J connectivity index is 2.07. The van der Waals surface area contributed by atoms with Crippen LogP contribution in [0.1, 0.15) is 31.0 Å². The number of benzene rings is 1. The molecule has 6 nitrogen and oxygen atoms in total. The second-order valence-electron chi connectivity index (χ2n) is 6.71.